The molecule has 0 spiro atoms. The Morgan fingerprint density at radius 2 is 2.00 bits per heavy atom. The number of nitrogens with one attached hydrogen (secondary N) is 1. The van der Waals surface area contributed by atoms with Crippen molar-refractivity contribution >= 4 is 5.69 Å². The van der Waals surface area contributed by atoms with Crippen molar-refractivity contribution < 1.29 is 4.74 Å². The highest BCUT2D eigenvalue weighted by atomic mass is 16.5. The second-order valence-corrected chi connectivity index (χ2v) is 4.47. The molecule has 16 heavy (non-hydrogen) atoms. The molecule has 1 unspecified atom stereocenters. The van der Waals surface area contributed by atoms with Crippen LogP contribution in [0.3, 0.4) is 0 Å². The predicted molar refractivity (Wildman–Crippen MR) is 69.2 cm³/mol. The van der Waals surface area contributed by atoms with Crippen LogP contribution in [0.4, 0.5) is 5.69 Å². The lowest BCUT2D eigenvalue weighted by Crippen LogP contribution is -2.25. The van der Waals surface area contributed by atoms with E-state index in [1.54, 1.807) is 7.11 Å². The number of rotatable bonds is 5. The van der Waals surface area contributed by atoms with Crippen LogP contribution in [0.1, 0.15) is 32.3 Å². The lowest BCUT2D eigenvalue weighted by molar-refractivity contribution is 0.407. The molecule has 0 amide bonds. The first-order chi connectivity index (χ1) is 7.54. The largest absolute Gasteiger partial charge is 0.496 e. The second kappa shape index (κ2) is 5.75. The van der Waals surface area contributed by atoms with Gasteiger partial charge in [0.2, 0.25) is 0 Å². The van der Waals surface area contributed by atoms with Crippen LogP contribution < -0.4 is 15.8 Å². The first kappa shape index (κ1) is 12.8. The van der Waals surface area contributed by atoms with Crippen molar-refractivity contribution in [1.29, 1.82) is 0 Å². The summed E-state index contributed by atoms with van der Waals surface area (Å²) in [5.41, 5.74) is 8.03. The minimum Gasteiger partial charge on any atom is -0.496 e. The molecule has 1 atom stereocenters. The number of nitrogens with two attached hydrogens (primary N) is 1. The van der Waals surface area contributed by atoms with E-state index in [1.165, 1.54) is 5.56 Å². The van der Waals surface area contributed by atoms with Crippen molar-refractivity contribution in [2.75, 3.05) is 19.0 Å². The van der Waals surface area contributed by atoms with Gasteiger partial charge in [-0.1, -0.05) is 13.8 Å². The van der Waals surface area contributed by atoms with Gasteiger partial charge in [-0.3, -0.25) is 0 Å². The summed E-state index contributed by atoms with van der Waals surface area (Å²) in [6.45, 7) is 7.09. The molecule has 0 aliphatic heterocycles. The van der Waals surface area contributed by atoms with E-state index in [2.05, 4.69) is 25.2 Å². The third-order valence-corrected chi connectivity index (χ3v) is 2.48. The van der Waals surface area contributed by atoms with Crippen LogP contribution in [0.2, 0.25) is 0 Å². The highest BCUT2D eigenvalue weighted by Gasteiger charge is 2.08. The molecule has 0 aliphatic rings. The van der Waals surface area contributed by atoms with Crippen LogP contribution in [-0.4, -0.2) is 19.7 Å². The molecular weight excluding hydrogens is 200 g/mol. The van der Waals surface area contributed by atoms with E-state index < -0.39 is 0 Å². The van der Waals surface area contributed by atoms with E-state index in [0.717, 1.165) is 18.0 Å². The van der Waals surface area contributed by atoms with Gasteiger partial charge < -0.3 is 15.8 Å². The number of benzene rings is 1. The monoisotopic (exact) mass is 222 g/mol. The van der Waals surface area contributed by atoms with Gasteiger partial charge in [0.05, 0.1) is 7.11 Å². The van der Waals surface area contributed by atoms with Gasteiger partial charge >= 0.3 is 0 Å². The van der Waals surface area contributed by atoms with E-state index in [0.29, 0.717) is 5.92 Å². The zero-order valence-electron chi connectivity index (χ0n) is 10.6. The molecule has 1 aromatic rings. The molecule has 3 heteroatoms. The van der Waals surface area contributed by atoms with Crippen LogP contribution in [0.25, 0.3) is 0 Å². The quantitative estimate of drug-likeness (QED) is 0.805. The Bertz CT molecular complexity index is 335. The van der Waals surface area contributed by atoms with Gasteiger partial charge in [-0.05, 0) is 36.6 Å². The fraction of sp³-hybridized carbons (Fsp3) is 0.538. The van der Waals surface area contributed by atoms with Gasteiger partial charge in [-0.25, -0.2) is 0 Å². The lowest BCUT2D eigenvalue weighted by Gasteiger charge is -2.15. The summed E-state index contributed by atoms with van der Waals surface area (Å²) >= 11 is 0. The van der Waals surface area contributed by atoms with Gasteiger partial charge in [0.1, 0.15) is 5.75 Å². The summed E-state index contributed by atoms with van der Waals surface area (Å²) in [6, 6.07) is 6.31. The van der Waals surface area contributed by atoms with Crippen molar-refractivity contribution in [2.24, 2.45) is 5.73 Å². The summed E-state index contributed by atoms with van der Waals surface area (Å²) in [5, 5.41) is 3.31. The van der Waals surface area contributed by atoms with Crippen LogP contribution in [0.5, 0.6) is 5.75 Å². The Morgan fingerprint density at radius 1 is 1.31 bits per heavy atom. The standard InChI is InChI=1S/C13H22N2O/c1-9(2)12-7-11(15-8-10(3)14)5-6-13(12)16-4/h5-7,9-10,15H,8,14H2,1-4H3. The third kappa shape index (κ3) is 3.42. The molecule has 0 fully saturated rings. The zero-order chi connectivity index (χ0) is 12.1. The van der Waals surface area contributed by atoms with E-state index in [-0.39, 0.29) is 6.04 Å². The molecule has 0 heterocycles. The van der Waals surface area contributed by atoms with E-state index in [4.69, 9.17) is 10.5 Å². The van der Waals surface area contributed by atoms with Gasteiger partial charge in [-0.15, -0.1) is 0 Å². The van der Waals surface area contributed by atoms with Gasteiger partial charge in [-0.2, -0.15) is 0 Å². The van der Waals surface area contributed by atoms with Crippen molar-refractivity contribution in [3.63, 3.8) is 0 Å². The van der Waals surface area contributed by atoms with Crippen LogP contribution in [0.15, 0.2) is 18.2 Å². The maximum atomic E-state index is 5.71. The Labute approximate surface area is 98.0 Å². The highest BCUT2D eigenvalue weighted by molar-refractivity contribution is 5.52. The van der Waals surface area contributed by atoms with Gasteiger partial charge in [0, 0.05) is 18.3 Å². The molecule has 0 aliphatic carbocycles. The lowest BCUT2D eigenvalue weighted by atomic mass is 10.0. The molecule has 3 nitrogen and oxygen atoms in total. The summed E-state index contributed by atoms with van der Waals surface area (Å²) in [5.74, 6) is 1.40. The number of hydrogen-bond donors (Lipinski definition) is 2. The normalized spacial score (nSPS) is 12.6. The average Bonchev–Trinajstić information content (AvgIpc) is 2.25. The van der Waals surface area contributed by atoms with Crippen molar-refractivity contribution in [3.05, 3.63) is 23.8 Å². The molecule has 3 N–H and O–H groups in total. The first-order valence-corrected chi connectivity index (χ1v) is 5.72. The molecule has 0 saturated heterocycles. The molecular formula is C13H22N2O. The van der Waals surface area contributed by atoms with Gasteiger partial charge in [0.15, 0.2) is 0 Å². The molecule has 0 bridgehead atoms. The molecule has 90 valence electrons. The Hall–Kier alpha value is -1.22. The number of hydrogen-bond acceptors (Lipinski definition) is 3. The van der Waals surface area contributed by atoms with Crippen molar-refractivity contribution in [3.8, 4) is 5.75 Å². The minimum absolute atomic E-state index is 0.157. The minimum atomic E-state index is 0.157. The average molecular weight is 222 g/mol. The van der Waals surface area contributed by atoms with Crippen LogP contribution >= 0.6 is 0 Å². The van der Waals surface area contributed by atoms with Crippen LogP contribution in [-0.2, 0) is 0 Å². The highest BCUT2D eigenvalue weighted by Crippen LogP contribution is 2.28. The fourth-order valence-electron chi connectivity index (χ4n) is 1.57. The molecule has 1 rings (SSSR count). The van der Waals surface area contributed by atoms with Crippen LogP contribution in [0, 0.1) is 0 Å². The molecule has 0 aromatic heterocycles. The molecule has 0 radical (unpaired) electrons. The topological polar surface area (TPSA) is 47.3 Å². The Morgan fingerprint density at radius 3 is 2.50 bits per heavy atom. The maximum absolute atomic E-state index is 5.71. The Balaban J connectivity index is 2.85. The number of ether oxygens (including phenoxy) is 1. The molecule has 0 saturated carbocycles. The number of methoxy groups -OCH3 is 1. The maximum Gasteiger partial charge on any atom is 0.122 e. The van der Waals surface area contributed by atoms with Crippen molar-refractivity contribution in [2.45, 2.75) is 32.7 Å². The third-order valence-electron chi connectivity index (χ3n) is 2.48. The summed E-state index contributed by atoms with van der Waals surface area (Å²) in [6.07, 6.45) is 0. The first-order valence-electron chi connectivity index (χ1n) is 5.72. The second-order valence-electron chi connectivity index (χ2n) is 4.47. The van der Waals surface area contributed by atoms with Crippen molar-refractivity contribution in [1.82, 2.24) is 0 Å². The van der Waals surface area contributed by atoms with Gasteiger partial charge in [0.25, 0.3) is 0 Å². The Kier molecular flexibility index (Phi) is 4.62. The summed E-state index contributed by atoms with van der Waals surface area (Å²) in [4.78, 5) is 0. The van der Waals surface area contributed by atoms with E-state index >= 15 is 0 Å². The summed E-state index contributed by atoms with van der Waals surface area (Å²) in [7, 11) is 1.70. The summed E-state index contributed by atoms with van der Waals surface area (Å²) < 4.78 is 5.33. The molecule has 1 aromatic carbocycles. The predicted octanol–water partition coefficient (Wildman–Crippen LogP) is 2.58. The fourth-order valence-corrected chi connectivity index (χ4v) is 1.57. The van der Waals surface area contributed by atoms with E-state index in [1.807, 2.05) is 19.1 Å². The zero-order valence-corrected chi connectivity index (χ0v) is 10.6. The smallest absolute Gasteiger partial charge is 0.122 e. The SMILES string of the molecule is COc1ccc(NCC(C)N)cc1C(C)C. The van der Waals surface area contributed by atoms with E-state index in [9.17, 15) is 0 Å². The number of anilines is 1.